The van der Waals surface area contributed by atoms with Crippen LogP contribution in [0.1, 0.15) is 59.7 Å². The summed E-state index contributed by atoms with van der Waals surface area (Å²) in [5.41, 5.74) is 6.91. The predicted molar refractivity (Wildman–Crippen MR) is 135 cm³/mol. The molecule has 0 bridgehead atoms. The van der Waals surface area contributed by atoms with E-state index in [9.17, 15) is 9.50 Å². The van der Waals surface area contributed by atoms with Gasteiger partial charge in [-0.3, -0.25) is 0 Å². The molecule has 33 heavy (non-hydrogen) atoms. The minimum absolute atomic E-state index is 0.216. The molecule has 0 saturated heterocycles. The van der Waals surface area contributed by atoms with Crippen molar-refractivity contribution >= 4 is 0 Å². The summed E-state index contributed by atoms with van der Waals surface area (Å²) in [6.07, 6.45) is 0. The maximum Gasteiger partial charge on any atom is 0.123 e. The number of hydrogen-bond acceptors (Lipinski definition) is 1. The molecule has 1 atom stereocenters. The number of phenols is 1. The van der Waals surface area contributed by atoms with Crippen molar-refractivity contribution in [3.63, 3.8) is 0 Å². The van der Waals surface area contributed by atoms with Crippen molar-refractivity contribution in [2.45, 2.75) is 45.4 Å². The van der Waals surface area contributed by atoms with Crippen LogP contribution in [0.25, 0.3) is 0 Å². The summed E-state index contributed by atoms with van der Waals surface area (Å²) in [5.74, 6) is 0.0875. The van der Waals surface area contributed by atoms with Crippen LogP contribution >= 0.6 is 0 Å². The molecule has 4 aromatic carbocycles. The van der Waals surface area contributed by atoms with E-state index < -0.39 is 5.41 Å². The number of hydrogen-bond donors (Lipinski definition) is 1. The van der Waals surface area contributed by atoms with E-state index >= 15 is 0 Å². The minimum Gasteiger partial charge on any atom is -0.508 e. The van der Waals surface area contributed by atoms with Crippen LogP contribution in [0, 0.1) is 19.7 Å². The highest BCUT2D eigenvalue weighted by molar-refractivity contribution is 5.53. The largest absolute Gasteiger partial charge is 0.508 e. The Morgan fingerprint density at radius 3 is 1.82 bits per heavy atom. The van der Waals surface area contributed by atoms with Gasteiger partial charge in [-0.15, -0.1) is 0 Å². The summed E-state index contributed by atoms with van der Waals surface area (Å²) in [4.78, 5) is 0. The van der Waals surface area contributed by atoms with Gasteiger partial charge in [0.15, 0.2) is 0 Å². The van der Waals surface area contributed by atoms with E-state index in [1.807, 2.05) is 19.1 Å². The normalized spacial score (nSPS) is 13.5. The fourth-order valence-corrected chi connectivity index (χ4v) is 4.69. The molecule has 0 radical (unpaired) electrons. The van der Waals surface area contributed by atoms with Gasteiger partial charge >= 0.3 is 0 Å². The quantitative estimate of drug-likeness (QED) is 0.315. The zero-order chi connectivity index (χ0) is 23.8. The molecule has 0 amide bonds. The molecule has 0 fully saturated rings. The number of rotatable bonds is 5. The lowest BCUT2D eigenvalue weighted by Crippen LogP contribution is -2.26. The molecule has 4 aromatic rings. The third-order valence-electron chi connectivity index (χ3n) is 7.10. The molecule has 0 aliphatic carbocycles. The second kappa shape index (κ2) is 8.51. The van der Waals surface area contributed by atoms with Crippen molar-refractivity contribution < 1.29 is 9.50 Å². The Hall–Kier alpha value is -3.39. The van der Waals surface area contributed by atoms with Crippen LogP contribution in [0.5, 0.6) is 5.75 Å². The number of benzene rings is 4. The lowest BCUT2D eigenvalue weighted by atomic mass is 9.69. The first-order valence-electron chi connectivity index (χ1n) is 11.4. The summed E-state index contributed by atoms with van der Waals surface area (Å²) in [7, 11) is 0. The lowest BCUT2D eigenvalue weighted by molar-refractivity contribution is 0.470. The Kier molecular flexibility index (Phi) is 5.88. The molecular weight excluding hydrogens is 407 g/mol. The van der Waals surface area contributed by atoms with E-state index in [4.69, 9.17) is 0 Å². The van der Waals surface area contributed by atoms with Crippen molar-refractivity contribution in [1.29, 1.82) is 0 Å². The van der Waals surface area contributed by atoms with E-state index in [0.717, 1.165) is 27.8 Å². The number of halogens is 1. The topological polar surface area (TPSA) is 20.2 Å². The first-order valence-corrected chi connectivity index (χ1v) is 11.4. The second-order valence-electron chi connectivity index (χ2n) is 9.71. The Bertz CT molecular complexity index is 1290. The van der Waals surface area contributed by atoms with Crippen molar-refractivity contribution in [3.8, 4) is 5.75 Å². The van der Waals surface area contributed by atoms with Crippen molar-refractivity contribution in [1.82, 2.24) is 0 Å². The number of aromatic hydroxyl groups is 1. The standard InChI is InChI=1S/C31H31FO/c1-21-8-6-10-26(18-21)31(5,27-16-17-29(33)22(2)19-27)24-14-12-23(13-15-24)30(3,4)25-9-7-11-28(32)20-25/h6-20,33H,1-5H3. The van der Waals surface area contributed by atoms with Gasteiger partial charge in [0.25, 0.3) is 0 Å². The van der Waals surface area contributed by atoms with Crippen LogP contribution in [0.2, 0.25) is 0 Å². The first-order chi connectivity index (χ1) is 15.6. The van der Waals surface area contributed by atoms with E-state index in [1.165, 1.54) is 17.2 Å². The van der Waals surface area contributed by atoms with E-state index in [2.05, 4.69) is 82.3 Å². The van der Waals surface area contributed by atoms with Gasteiger partial charge in [-0.2, -0.15) is 0 Å². The first kappa shape index (κ1) is 22.8. The SMILES string of the molecule is Cc1cccc(C(C)(c2ccc(C(C)(C)c3cccc(F)c3)cc2)c2ccc(O)c(C)c2)c1. The molecule has 0 spiro atoms. The van der Waals surface area contributed by atoms with Gasteiger partial charge in [0.1, 0.15) is 11.6 Å². The summed E-state index contributed by atoms with van der Waals surface area (Å²) in [6.45, 7) is 10.5. The minimum atomic E-state index is -0.397. The smallest absolute Gasteiger partial charge is 0.123 e. The molecule has 1 nitrogen and oxygen atoms in total. The zero-order valence-corrected chi connectivity index (χ0v) is 20.0. The van der Waals surface area contributed by atoms with Gasteiger partial charge in [0, 0.05) is 10.8 Å². The fraction of sp³-hybridized carbons (Fsp3) is 0.226. The highest BCUT2D eigenvalue weighted by atomic mass is 19.1. The summed E-state index contributed by atoms with van der Waals surface area (Å²) < 4.78 is 13.9. The van der Waals surface area contributed by atoms with Crippen LogP contribution in [0.4, 0.5) is 4.39 Å². The van der Waals surface area contributed by atoms with Gasteiger partial charge in [-0.05, 0) is 72.4 Å². The van der Waals surface area contributed by atoms with Crippen molar-refractivity contribution in [2.75, 3.05) is 0 Å². The van der Waals surface area contributed by atoms with Gasteiger partial charge in [-0.1, -0.05) is 92.2 Å². The van der Waals surface area contributed by atoms with Gasteiger partial charge in [0.05, 0.1) is 0 Å². The molecule has 1 unspecified atom stereocenters. The Morgan fingerprint density at radius 2 is 1.18 bits per heavy atom. The zero-order valence-electron chi connectivity index (χ0n) is 20.0. The summed E-state index contributed by atoms with van der Waals surface area (Å²) in [5, 5.41) is 10.1. The summed E-state index contributed by atoms with van der Waals surface area (Å²) in [6, 6.07) is 30.0. The van der Waals surface area contributed by atoms with Crippen LogP contribution in [-0.4, -0.2) is 5.11 Å². The monoisotopic (exact) mass is 438 g/mol. The van der Waals surface area contributed by atoms with Crippen molar-refractivity contribution in [2.24, 2.45) is 0 Å². The van der Waals surface area contributed by atoms with Crippen molar-refractivity contribution in [3.05, 3.63) is 136 Å². The molecule has 0 aliphatic heterocycles. The molecule has 0 aromatic heterocycles. The Labute approximate surface area is 196 Å². The predicted octanol–water partition coefficient (Wildman–Crippen LogP) is 7.83. The van der Waals surface area contributed by atoms with Gasteiger partial charge < -0.3 is 5.11 Å². The highest BCUT2D eigenvalue weighted by Crippen LogP contribution is 2.41. The number of phenolic OH excluding ortho intramolecular Hbond substituents is 1. The molecule has 1 N–H and O–H groups in total. The maximum absolute atomic E-state index is 13.9. The fourth-order valence-electron chi connectivity index (χ4n) is 4.69. The maximum atomic E-state index is 13.9. The van der Waals surface area contributed by atoms with Gasteiger partial charge in [0.2, 0.25) is 0 Å². The average molecular weight is 439 g/mol. The van der Waals surface area contributed by atoms with Crippen LogP contribution in [0.15, 0.2) is 91.0 Å². The van der Waals surface area contributed by atoms with E-state index in [-0.39, 0.29) is 11.2 Å². The second-order valence-corrected chi connectivity index (χ2v) is 9.71. The third-order valence-corrected chi connectivity index (χ3v) is 7.10. The van der Waals surface area contributed by atoms with E-state index in [1.54, 1.807) is 18.2 Å². The van der Waals surface area contributed by atoms with Gasteiger partial charge in [-0.25, -0.2) is 4.39 Å². The molecule has 168 valence electrons. The third kappa shape index (κ3) is 4.18. The lowest BCUT2D eigenvalue weighted by Gasteiger charge is -2.33. The highest BCUT2D eigenvalue weighted by Gasteiger charge is 2.32. The molecule has 4 rings (SSSR count). The summed E-state index contributed by atoms with van der Waals surface area (Å²) >= 11 is 0. The van der Waals surface area contributed by atoms with Crippen LogP contribution in [-0.2, 0) is 10.8 Å². The number of aryl methyl sites for hydroxylation is 2. The molecule has 0 aliphatic rings. The van der Waals surface area contributed by atoms with Crippen LogP contribution < -0.4 is 0 Å². The molecule has 0 saturated carbocycles. The Balaban J connectivity index is 1.84. The molecule has 0 heterocycles. The molecule has 2 heteroatoms. The average Bonchev–Trinajstić information content (AvgIpc) is 2.80. The van der Waals surface area contributed by atoms with Crippen LogP contribution in [0.3, 0.4) is 0 Å². The Morgan fingerprint density at radius 1 is 0.606 bits per heavy atom. The molecular formula is C31H31FO. The van der Waals surface area contributed by atoms with E-state index in [0.29, 0.717) is 5.75 Å².